The molecular formula is C14H19FN2O2. The topological polar surface area (TPSA) is 50.7 Å². The van der Waals surface area contributed by atoms with Gasteiger partial charge in [-0.1, -0.05) is 26.0 Å². The Bertz CT molecular complexity index is 461. The minimum absolute atomic E-state index is 0.0558. The van der Waals surface area contributed by atoms with Crippen LogP contribution in [0.1, 0.15) is 27.2 Å². The SMILES string of the molecule is CC[C@H](C)/C(C)=N\NC(=O)COc1ccccc1F. The highest BCUT2D eigenvalue weighted by atomic mass is 19.1. The van der Waals surface area contributed by atoms with Crippen LogP contribution in [0.5, 0.6) is 5.75 Å². The van der Waals surface area contributed by atoms with Gasteiger partial charge in [0.2, 0.25) is 0 Å². The maximum Gasteiger partial charge on any atom is 0.277 e. The molecule has 0 aliphatic heterocycles. The number of carbonyl (C=O) groups excluding carboxylic acids is 1. The molecule has 0 heterocycles. The summed E-state index contributed by atoms with van der Waals surface area (Å²) in [6.45, 7) is 5.66. The number of benzene rings is 1. The molecule has 0 unspecified atom stereocenters. The van der Waals surface area contributed by atoms with Gasteiger partial charge in [0, 0.05) is 5.71 Å². The van der Waals surface area contributed by atoms with Crippen LogP contribution >= 0.6 is 0 Å². The predicted molar refractivity (Wildman–Crippen MR) is 72.6 cm³/mol. The third-order valence-corrected chi connectivity index (χ3v) is 2.88. The maximum atomic E-state index is 13.2. The number of hydrogen-bond donors (Lipinski definition) is 1. The second kappa shape index (κ2) is 7.51. The van der Waals surface area contributed by atoms with Crippen molar-refractivity contribution < 1.29 is 13.9 Å². The average Bonchev–Trinajstić information content (AvgIpc) is 2.42. The second-order valence-corrected chi connectivity index (χ2v) is 4.32. The van der Waals surface area contributed by atoms with Gasteiger partial charge in [0.1, 0.15) is 0 Å². The lowest BCUT2D eigenvalue weighted by Gasteiger charge is -2.09. The quantitative estimate of drug-likeness (QED) is 0.636. The van der Waals surface area contributed by atoms with Crippen LogP contribution in [0.2, 0.25) is 0 Å². The molecule has 1 amide bonds. The number of hydrogen-bond acceptors (Lipinski definition) is 3. The van der Waals surface area contributed by atoms with Gasteiger partial charge in [-0.3, -0.25) is 4.79 Å². The van der Waals surface area contributed by atoms with E-state index in [0.29, 0.717) is 5.92 Å². The monoisotopic (exact) mass is 266 g/mol. The summed E-state index contributed by atoms with van der Waals surface area (Å²) in [5.41, 5.74) is 3.24. The summed E-state index contributed by atoms with van der Waals surface area (Å²) in [4.78, 5) is 11.5. The van der Waals surface area contributed by atoms with Crippen molar-refractivity contribution in [3.8, 4) is 5.75 Å². The first-order valence-electron chi connectivity index (χ1n) is 6.25. The maximum absolute atomic E-state index is 13.2. The first-order chi connectivity index (χ1) is 9.04. The van der Waals surface area contributed by atoms with Gasteiger partial charge in [0.05, 0.1) is 0 Å². The van der Waals surface area contributed by atoms with Crippen LogP contribution in [0, 0.1) is 11.7 Å². The fourth-order valence-electron chi connectivity index (χ4n) is 1.29. The van der Waals surface area contributed by atoms with Crippen molar-refractivity contribution in [3.05, 3.63) is 30.1 Å². The van der Waals surface area contributed by atoms with Crippen molar-refractivity contribution >= 4 is 11.6 Å². The minimum atomic E-state index is -0.491. The molecule has 19 heavy (non-hydrogen) atoms. The molecule has 0 aliphatic rings. The Morgan fingerprint density at radius 1 is 1.47 bits per heavy atom. The summed E-state index contributed by atoms with van der Waals surface area (Å²) in [6.07, 6.45) is 0.955. The Morgan fingerprint density at radius 3 is 2.79 bits per heavy atom. The molecule has 4 nitrogen and oxygen atoms in total. The number of carbonyl (C=O) groups is 1. The number of halogens is 1. The van der Waals surface area contributed by atoms with Gasteiger partial charge in [-0.25, -0.2) is 9.82 Å². The fourth-order valence-corrected chi connectivity index (χ4v) is 1.29. The van der Waals surface area contributed by atoms with Crippen molar-refractivity contribution in [1.82, 2.24) is 5.43 Å². The third-order valence-electron chi connectivity index (χ3n) is 2.88. The van der Waals surface area contributed by atoms with E-state index in [2.05, 4.69) is 10.5 Å². The summed E-state index contributed by atoms with van der Waals surface area (Å²) in [5.74, 6) is -0.534. The summed E-state index contributed by atoms with van der Waals surface area (Å²) < 4.78 is 18.3. The van der Waals surface area contributed by atoms with E-state index >= 15 is 0 Å². The fraction of sp³-hybridized carbons (Fsp3) is 0.429. The molecule has 0 aliphatic carbocycles. The average molecular weight is 266 g/mol. The van der Waals surface area contributed by atoms with Crippen LogP contribution in [0.4, 0.5) is 4.39 Å². The summed E-state index contributed by atoms with van der Waals surface area (Å²) in [6, 6.07) is 5.94. The van der Waals surface area contributed by atoms with Gasteiger partial charge in [0.25, 0.3) is 5.91 Å². The van der Waals surface area contributed by atoms with Crippen LogP contribution in [0.25, 0.3) is 0 Å². The largest absolute Gasteiger partial charge is 0.481 e. The first-order valence-corrected chi connectivity index (χ1v) is 6.25. The summed E-state index contributed by atoms with van der Waals surface area (Å²) in [5, 5.41) is 3.97. The standard InChI is InChI=1S/C14H19FN2O2/c1-4-10(2)11(3)16-17-14(18)9-19-13-8-6-5-7-12(13)15/h5-8,10H,4,9H2,1-3H3,(H,17,18)/b16-11-/t10-/m0/s1. The summed E-state index contributed by atoms with van der Waals surface area (Å²) in [7, 11) is 0. The Balaban J connectivity index is 2.43. The van der Waals surface area contributed by atoms with Crippen LogP contribution in [-0.2, 0) is 4.79 Å². The number of amides is 1. The second-order valence-electron chi connectivity index (χ2n) is 4.32. The number of rotatable bonds is 6. The number of para-hydroxylation sites is 1. The minimum Gasteiger partial charge on any atom is -0.481 e. The Morgan fingerprint density at radius 2 is 2.16 bits per heavy atom. The van der Waals surface area contributed by atoms with Gasteiger partial charge >= 0.3 is 0 Å². The zero-order valence-corrected chi connectivity index (χ0v) is 11.4. The van der Waals surface area contributed by atoms with E-state index in [1.165, 1.54) is 12.1 Å². The lowest BCUT2D eigenvalue weighted by molar-refractivity contribution is -0.123. The molecule has 0 fully saturated rings. The van der Waals surface area contributed by atoms with Crippen molar-refractivity contribution in [2.75, 3.05) is 6.61 Å². The van der Waals surface area contributed by atoms with Gasteiger partial charge in [-0.05, 0) is 31.4 Å². The molecule has 5 heteroatoms. The predicted octanol–water partition coefficient (Wildman–Crippen LogP) is 2.74. The molecule has 104 valence electrons. The van der Waals surface area contributed by atoms with Crippen LogP contribution in [-0.4, -0.2) is 18.2 Å². The molecule has 1 aromatic rings. The Kier molecular flexibility index (Phi) is 5.99. The lowest BCUT2D eigenvalue weighted by atomic mass is 10.1. The van der Waals surface area contributed by atoms with Crippen LogP contribution < -0.4 is 10.2 Å². The van der Waals surface area contributed by atoms with Gasteiger partial charge in [-0.15, -0.1) is 0 Å². The normalized spacial score (nSPS) is 12.9. The molecule has 1 atom stereocenters. The third kappa shape index (κ3) is 5.07. The molecule has 0 saturated heterocycles. The number of hydrazone groups is 1. The lowest BCUT2D eigenvalue weighted by Crippen LogP contribution is -2.26. The molecule has 1 aromatic carbocycles. The number of nitrogens with one attached hydrogen (secondary N) is 1. The van der Waals surface area contributed by atoms with E-state index in [1.54, 1.807) is 12.1 Å². The number of nitrogens with zero attached hydrogens (tertiary/aromatic N) is 1. The van der Waals surface area contributed by atoms with Crippen molar-refractivity contribution in [2.45, 2.75) is 27.2 Å². The first kappa shape index (κ1) is 15.1. The zero-order chi connectivity index (χ0) is 14.3. The highest BCUT2D eigenvalue weighted by Gasteiger charge is 2.07. The van der Waals surface area contributed by atoms with Crippen molar-refractivity contribution in [2.24, 2.45) is 11.0 Å². The number of ether oxygens (including phenoxy) is 1. The Hall–Kier alpha value is -1.91. The van der Waals surface area contributed by atoms with E-state index in [4.69, 9.17) is 4.74 Å². The molecule has 1 N–H and O–H groups in total. The van der Waals surface area contributed by atoms with Crippen molar-refractivity contribution in [1.29, 1.82) is 0 Å². The Labute approximate surface area is 112 Å². The molecule has 0 saturated carbocycles. The highest BCUT2D eigenvalue weighted by molar-refractivity contribution is 5.86. The smallest absolute Gasteiger partial charge is 0.277 e. The molecule has 0 bridgehead atoms. The van der Waals surface area contributed by atoms with E-state index in [0.717, 1.165) is 12.1 Å². The summed E-state index contributed by atoms with van der Waals surface area (Å²) >= 11 is 0. The molecule has 1 rings (SSSR count). The van der Waals surface area contributed by atoms with Gasteiger partial charge in [-0.2, -0.15) is 5.10 Å². The van der Waals surface area contributed by atoms with Crippen molar-refractivity contribution in [3.63, 3.8) is 0 Å². The molecular weight excluding hydrogens is 247 g/mol. The zero-order valence-electron chi connectivity index (χ0n) is 11.4. The van der Waals surface area contributed by atoms with Gasteiger partial charge in [0.15, 0.2) is 18.2 Å². The van der Waals surface area contributed by atoms with Crippen LogP contribution in [0.3, 0.4) is 0 Å². The van der Waals surface area contributed by atoms with Crippen LogP contribution in [0.15, 0.2) is 29.4 Å². The van der Waals surface area contributed by atoms with Gasteiger partial charge < -0.3 is 4.74 Å². The highest BCUT2D eigenvalue weighted by Crippen LogP contribution is 2.14. The van der Waals surface area contributed by atoms with E-state index in [1.807, 2.05) is 20.8 Å². The molecule has 0 radical (unpaired) electrons. The van der Waals surface area contributed by atoms with E-state index in [9.17, 15) is 9.18 Å². The van der Waals surface area contributed by atoms with E-state index < -0.39 is 11.7 Å². The molecule has 0 spiro atoms. The molecule has 0 aromatic heterocycles. The van der Waals surface area contributed by atoms with E-state index in [-0.39, 0.29) is 12.4 Å².